The highest BCUT2D eigenvalue weighted by Gasteiger charge is 2.23. The fourth-order valence-electron chi connectivity index (χ4n) is 1.65. The molecule has 0 aliphatic rings. The smallest absolute Gasteiger partial charge is 0.161 e. The highest BCUT2D eigenvalue weighted by molar-refractivity contribution is 9.09. The average molecular weight is 297 g/mol. The summed E-state index contributed by atoms with van der Waals surface area (Å²) in [6.07, 6.45) is 4.34. The third-order valence-corrected chi connectivity index (χ3v) is 4.62. The quantitative estimate of drug-likeness (QED) is 0.801. The first-order chi connectivity index (χ1) is 7.89. The highest BCUT2D eigenvalue weighted by Crippen LogP contribution is 2.29. The van der Waals surface area contributed by atoms with E-state index in [9.17, 15) is 0 Å². The molecule has 0 bridgehead atoms. The number of rotatable bonds is 2. The first-order valence-corrected chi connectivity index (χ1v) is 6.57. The molecule has 0 aliphatic carbocycles. The van der Waals surface area contributed by atoms with Crippen LogP contribution in [0.2, 0.25) is 0 Å². The van der Waals surface area contributed by atoms with Gasteiger partial charge in [0.15, 0.2) is 5.65 Å². The summed E-state index contributed by atoms with van der Waals surface area (Å²) in [5.41, 5.74) is 2.16. The third-order valence-electron chi connectivity index (χ3n) is 2.92. The van der Waals surface area contributed by atoms with Crippen molar-refractivity contribution < 1.29 is 0 Å². The molecule has 1 atom stereocenters. The number of aromatic nitrogens is 4. The lowest BCUT2D eigenvalue weighted by Gasteiger charge is -2.25. The molecule has 2 aromatic rings. The number of halogens is 1. The zero-order valence-corrected chi connectivity index (χ0v) is 12.2. The lowest BCUT2D eigenvalue weighted by Crippen LogP contribution is -2.23. The maximum atomic E-state index is 4.38. The second-order valence-electron chi connectivity index (χ2n) is 5.36. The largest absolute Gasteiger partial charge is 0.250 e. The van der Waals surface area contributed by atoms with Crippen molar-refractivity contribution in [2.45, 2.75) is 32.0 Å². The molecule has 0 aromatic carbocycles. The summed E-state index contributed by atoms with van der Waals surface area (Å²) in [5, 5.41) is 5.27. The highest BCUT2D eigenvalue weighted by atomic mass is 79.9. The van der Waals surface area contributed by atoms with Gasteiger partial charge in [0.2, 0.25) is 0 Å². The standard InChI is InChI=1S/C12H17BrN4/c1-12(2,3)10(13)5-9-8-6-16-17(4)11(8)15-7-14-9/h6-7,10H,5H2,1-4H3. The summed E-state index contributed by atoms with van der Waals surface area (Å²) in [5.74, 6) is 0. The molecule has 2 heterocycles. The van der Waals surface area contributed by atoms with Gasteiger partial charge in [-0.3, -0.25) is 4.68 Å². The Labute approximate surface area is 110 Å². The number of nitrogens with zero attached hydrogens (tertiary/aromatic N) is 4. The van der Waals surface area contributed by atoms with Gasteiger partial charge in [-0.2, -0.15) is 5.10 Å². The van der Waals surface area contributed by atoms with Crippen molar-refractivity contribution in [3.05, 3.63) is 18.2 Å². The van der Waals surface area contributed by atoms with E-state index in [0.29, 0.717) is 4.83 Å². The predicted molar refractivity (Wildman–Crippen MR) is 72.2 cm³/mol. The first-order valence-electron chi connectivity index (χ1n) is 5.65. The summed E-state index contributed by atoms with van der Waals surface area (Å²) < 4.78 is 1.78. The van der Waals surface area contributed by atoms with E-state index in [0.717, 1.165) is 23.1 Å². The molecule has 17 heavy (non-hydrogen) atoms. The zero-order chi connectivity index (χ0) is 12.6. The molecule has 0 N–H and O–H groups in total. The fraction of sp³-hybridized carbons (Fsp3) is 0.583. The van der Waals surface area contributed by atoms with Crippen LogP contribution in [0, 0.1) is 5.41 Å². The molecule has 4 nitrogen and oxygen atoms in total. The van der Waals surface area contributed by atoms with Crippen LogP contribution >= 0.6 is 15.9 Å². The molecule has 1 unspecified atom stereocenters. The minimum Gasteiger partial charge on any atom is -0.250 e. The van der Waals surface area contributed by atoms with E-state index in [1.807, 2.05) is 13.2 Å². The van der Waals surface area contributed by atoms with Crippen molar-refractivity contribution in [1.82, 2.24) is 19.7 Å². The van der Waals surface area contributed by atoms with Crippen molar-refractivity contribution in [3.63, 3.8) is 0 Å². The Hall–Kier alpha value is -0.970. The number of hydrogen-bond acceptors (Lipinski definition) is 3. The molecule has 0 radical (unpaired) electrons. The molecule has 2 aromatic heterocycles. The maximum absolute atomic E-state index is 4.38. The Morgan fingerprint density at radius 3 is 2.71 bits per heavy atom. The predicted octanol–water partition coefficient (Wildman–Crippen LogP) is 2.72. The van der Waals surface area contributed by atoms with Crippen molar-refractivity contribution in [2.75, 3.05) is 0 Å². The summed E-state index contributed by atoms with van der Waals surface area (Å²) in [6, 6.07) is 0. The van der Waals surface area contributed by atoms with E-state index in [1.165, 1.54) is 0 Å². The molecule has 0 fully saturated rings. The van der Waals surface area contributed by atoms with Crippen molar-refractivity contribution in [1.29, 1.82) is 0 Å². The fourth-order valence-corrected chi connectivity index (χ4v) is 1.96. The lowest BCUT2D eigenvalue weighted by atomic mass is 9.89. The van der Waals surface area contributed by atoms with Crippen molar-refractivity contribution in [3.8, 4) is 0 Å². The van der Waals surface area contributed by atoms with Crippen LogP contribution in [0.5, 0.6) is 0 Å². The van der Waals surface area contributed by atoms with E-state index < -0.39 is 0 Å². The van der Waals surface area contributed by atoms with Crippen molar-refractivity contribution in [2.24, 2.45) is 12.5 Å². The van der Waals surface area contributed by atoms with Crippen LogP contribution in [0.1, 0.15) is 26.5 Å². The minimum absolute atomic E-state index is 0.208. The van der Waals surface area contributed by atoms with Gasteiger partial charge < -0.3 is 0 Å². The Balaban J connectivity index is 2.37. The molecule has 92 valence electrons. The number of hydrogen-bond donors (Lipinski definition) is 0. The first kappa shape index (κ1) is 12.5. The topological polar surface area (TPSA) is 43.6 Å². The monoisotopic (exact) mass is 296 g/mol. The van der Waals surface area contributed by atoms with Crippen LogP contribution in [0.4, 0.5) is 0 Å². The van der Waals surface area contributed by atoms with Crippen molar-refractivity contribution >= 4 is 27.0 Å². The number of aryl methyl sites for hydroxylation is 1. The molecular weight excluding hydrogens is 280 g/mol. The van der Waals surface area contributed by atoms with Crippen LogP contribution in [0.15, 0.2) is 12.5 Å². The molecule has 2 rings (SSSR count). The van der Waals surface area contributed by atoms with Gasteiger partial charge in [-0.05, 0) is 5.41 Å². The van der Waals surface area contributed by atoms with Gasteiger partial charge >= 0.3 is 0 Å². The summed E-state index contributed by atoms with van der Waals surface area (Å²) >= 11 is 3.74. The summed E-state index contributed by atoms with van der Waals surface area (Å²) in [6.45, 7) is 6.65. The normalized spacial score (nSPS) is 14.2. The Morgan fingerprint density at radius 2 is 2.06 bits per heavy atom. The summed E-state index contributed by atoms with van der Waals surface area (Å²) in [4.78, 5) is 9.01. The van der Waals surface area contributed by atoms with Crippen LogP contribution in [-0.4, -0.2) is 24.6 Å². The average Bonchev–Trinajstić information content (AvgIpc) is 2.60. The Kier molecular flexibility index (Phi) is 3.21. The van der Waals surface area contributed by atoms with Crippen LogP contribution < -0.4 is 0 Å². The van der Waals surface area contributed by atoms with Gasteiger partial charge in [-0.25, -0.2) is 9.97 Å². The zero-order valence-electron chi connectivity index (χ0n) is 10.6. The molecular formula is C12H17BrN4. The van der Waals surface area contributed by atoms with Crippen LogP contribution in [0.3, 0.4) is 0 Å². The van der Waals surface area contributed by atoms with E-state index in [-0.39, 0.29) is 5.41 Å². The Bertz CT molecular complexity index is 527. The third kappa shape index (κ3) is 2.49. The maximum Gasteiger partial charge on any atom is 0.161 e. The summed E-state index contributed by atoms with van der Waals surface area (Å²) in [7, 11) is 1.90. The number of alkyl halides is 1. The van der Waals surface area contributed by atoms with Gasteiger partial charge in [-0.1, -0.05) is 36.7 Å². The number of fused-ring (bicyclic) bond motifs is 1. The van der Waals surface area contributed by atoms with Gasteiger partial charge in [0.1, 0.15) is 6.33 Å². The molecule has 0 spiro atoms. The van der Waals surface area contributed by atoms with Gasteiger partial charge in [-0.15, -0.1) is 0 Å². The second-order valence-corrected chi connectivity index (χ2v) is 6.47. The van der Waals surface area contributed by atoms with Crippen LogP contribution in [0.25, 0.3) is 11.0 Å². The molecule has 5 heteroatoms. The molecule has 0 saturated carbocycles. The van der Waals surface area contributed by atoms with E-state index in [4.69, 9.17) is 0 Å². The van der Waals surface area contributed by atoms with Gasteiger partial charge in [0.05, 0.1) is 17.3 Å². The Morgan fingerprint density at radius 1 is 1.35 bits per heavy atom. The van der Waals surface area contributed by atoms with E-state index in [2.05, 4.69) is 51.8 Å². The van der Waals surface area contributed by atoms with Crippen LogP contribution in [-0.2, 0) is 13.5 Å². The SMILES string of the molecule is Cn1ncc2c(CC(Br)C(C)(C)C)ncnc21. The second kappa shape index (κ2) is 4.37. The molecule has 0 aliphatic heterocycles. The molecule has 0 saturated heterocycles. The van der Waals surface area contributed by atoms with E-state index in [1.54, 1.807) is 11.0 Å². The van der Waals surface area contributed by atoms with Gasteiger partial charge in [0.25, 0.3) is 0 Å². The lowest BCUT2D eigenvalue weighted by molar-refractivity contribution is 0.396. The minimum atomic E-state index is 0.208. The van der Waals surface area contributed by atoms with Gasteiger partial charge in [0, 0.05) is 18.3 Å². The molecule has 0 amide bonds. The van der Waals surface area contributed by atoms with E-state index >= 15 is 0 Å².